The number of rotatable bonds is 4. The minimum Gasteiger partial charge on any atom is -0.309 e. The molecule has 0 saturated carbocycles. The van der Waals surface area contributed by atoms with Crippen LogP contribution in [0.2, 0.25) is 0 Å². The van der Waals surface area contributed by atoms with Gasteiger partial charge in [0.05, 0.1) is 16.8 Å². The number of halogens is 3. The third-order valence-electron chi connectivity index (χ3n) is 4.65. The number of aliphatic imine (C=N–C) groups is 1. The smallest absolute Gasteiger partial charge is 0.309 e. The molecule has 1 heterocycles. The van der Waals surface area contributed by atoms with Gasteiger partial charge in [-0.15, -0.1) is 0 Å². The quantitative estimate of drug-likeness (QED) is 0.350. The molecule has 0 radical (unpaired) electrons. The molecule has 0 saturated heterocycles. The number of hydrogen-bond acceptors (Lipinski definition) is 3. The van der Waals surface area contributed by atoms with Gasteiger partial charge in [0.15, 0.2) is 5.82 Å². The van der Waals surface area contributed by atoms with E-state index in [0.717, 1.165) is 41.9 Å². The maximum absolute atomic E-state index is 12.8. The highest BCUT2D eigenvalue weighted by Gasteiger charge is 2.30. The topological polar surface area (TPSA) is 82.2 Å². The van der Waals surface area contributed by atoms with E-state index >= 15 is 0 Å². The van der Waals surface area contributed by atoms with E-state index in [1.165, 1.54) is 5.56 Å². The number of anilines is 1. The van der Waals surface area contributed by atoms with Crippen molar-refractivity contribution in [3.05, 3.63) is 71.3 Å². The van der Waals surface area contributed by atoms with Crippen molar-refractivity contribution in [2.75, 3.05) is 5.32 Å². The monoisotopic (exact) mass is 457 g/mol. The molecular formula is C24H26F3N5O. The van der Waals surface area contributed by atoms with Crippen molar-refractivity contribution in [3.63, 3.8) is 0 Å². The van der Waals surface area contributed by atoms with Crippen LogP contribution in [0.15, 0.2) is 59.6 Å². The number of aromatic nitrogens is 2. The molecule has 1 amide bonds. The highest BCUT2D eigenvalue weighted by Crippen LogP contribution is 2.29. The summed E-state index contributed by atoms with van der Waals surface area (Å²) >= 11 is 0. The molecule has 0 aliphatic carbocycles. The number of aromatic amines is 1. The predicted octanol–water partition coefficient (Wildman–Crippen LogP) is 5.65. The Balaban J connectivity index is 1.77. The molecule has 0 aliphatic heterocycles. The Labute approximate surface area is 190 Å². The van der Waals surface area contributed by atoms with Gasteiger partial charge in [0.25, 0.3) is 5.91 Å². The van der Waals surface area contributed by atoms with Crippen molar-refractivity contribution in [2.24, 2.45) is 4.99 Å². The lowest BCUT2D eigenvalue weighted by Gasteiger charge is -2.17. The Morgan fingerprint density at radius 2 is 1.67 bits per heavy atom. The van der Waals surface area contributed by atoms with Crippen LogP contribution in [0.4, 0.5) is 19.0 Å². The van der Waals surface area contributed by atoms with Crippen molar-refractivity contribution < 1.29 is 18.0 Å². The first-order valence-corrected chi connectivity index (χ1v) is 10.4. The third kappa shape index (κ3) is 6.68. The van der Waals surface area contributed by atoms with E-state index in [9.17, 15) is 18.0 Å². The van der Waals surface area contributed by atoms with Gasteiger partial charge < -0.3 is 5.32 Å². The van der Waals surface area contributed by atoms with Gasteiger partial charge in [-0.05, 0) is 62.6 Å². The summed E-state index contributed by atoms with van der Waals surface area (Å²) in [5, 5.41) is 12.8. The van der Waals surface area contributed by atoms with Gasteiger partial charge in [-0.3, -0.25) is 15.2 Å². The zero-order chi connectivity index (χ0) is 24.2. The minimum absolute atomic E-state index is 0.0742. The lowest BCUT2D eigenvalue weighted by molar-refractivity contribution is -0.137. The summed E-state index contributed by atoms with van der Waals surface area (Å²) in [6.07, 6.45) is -3.52. The fourth-order valence-corrected chi connectivity index (χ4v) is 2.99. The van der Waals surface area contributed by atoms with Gasteiger partial charge in [-0.25, -0.2) is 4.99 Å². The maximum atomic E-state index is 12.8. The fourth-order valence-electron chi connectivity index (χ4n) is 2.99. The molecule has 6 nitrogen and oxygen atoms in total. The van der Waals surface area contributed by atoms with Gasteiger partial charge in [0, 0.05) is 11.6 Å². The Morgan fingerprint density at radius 1 is 1.03 bits per heavy atom. The number of carbonyl (C=O) groups excluding carboxylic acids is 1. The molecule has 0 aliphatic rings. The Morgan fingerprint density at radius 3 is 2.21 bits per heavy atom. The first-order chi connectivity index (χ1) is 15.4. The first-order valence-electron chi connectivity index (χ1n) is 10.4. The largest absolute Gasteiger partial charge is 0.416 e. The normalized spacial score (nSPS) is 12.5. The van der Waals surface area contributed by atoms with Crippen LogP contribution in [0.5, 0.6) is 0 Å². The molecule has 0 fully saturated rings. The van der Waals surface area contributed by atoms with Crippen LogP contribution in [-0.4, -0.2) is 27.6 Å². The molecule has 9 heteroatoms. The number of hydrogen-bond donors (Lipinski definition) is 3. The van der Waals surface area contributed by atoms with Crippen LogP contribution < -0.4 is 10.6 Å². The number of alkyl halides is 3. The van der Waals surface area contributed by atoms with Gasteiger partial charge >= 0.3 is 6.18 Å². The highest BCUT2D eigenvalue weighted by molar-refractivity contribution is 6.09. The van der Waals surface area contributed by atoms with Crippen LogP contribution in [0.25, 0.3) is 11.3 Å². The van der Waals surface area contributed by atoms with Crippen molar-refractivity contribution in [1.29, 1.82) is 0 Å². The summed E-state index contributed by atoms with van der Waals surface area (Å²) < 4.78 is 38.3. The van der Waals surface area contributed by atoms with Crippen molar-refractivity contribution in [3.8, 4) is 11.3 Å². The van der Waals surface area contributed by atoms with E-state index in [1.807, 2.05) is 45.0 Å². The van der Waals surface area contributed by atoms with Crippen molar-refractivity contribution in [1.82, 2.24) is 15.5 Å². The Kier molecular flexibility index (Phi) is 6.90. The SMILES string of the molecule is CCc1ccc(-c2cc(NC(=NC(C)(C)C)NC(=O)c3ccc(C(F)(F)F)cc3)n[nH]2)cc1. The second-order valence-corrected chi connectivity index (χ2v) is 8.50. The summed E-state index contributed by atoms with van der Waals surface area (Å²) in [7, 11) is 0. The number of nitrogens with one attached hydrogen (secondary N) is 3. The van der Waals surface area contributed by atoms with Crippen molar-refractivity contribution >= 4 is 17.7 Å². The molecule has 33 heavy (non-hydrogen) atoms. The predicted molar refractivity (Wildman–Crippen MR) is 123 cm³/mol. The molecular weight excluding hydrogens is 431 g/mol. The molecule has 2 aromatic carbocycles. The fraction of sp³-hybridized carbons (Fsp3) is 0.292. The third-order valence-corrected chi connectivity index (χ3v) is 4.65. The molecule has 0 atom stereocenters. The Hall–Kier alpha value is -3.62. The van der Waals surface area contributed by atoms with E-state index in [1.54, 1.807) is 6.07 Å². The summed E-state index contributed by atoms with van der Waals surface area (Å²) in [6.45, 7) is 7.64. The van der Waals surface area contributed by atoms with Crippen molar-refractivity contribution in [2.45, 2.75) is 45.8 Å². The standard InChI is InChI=1S/C24H26F3N5O/c1-5-15-6-8-16(9-7-15)19-14-20(32-31-19)28-22(30-23(2,3)4)29-21(33)17-10-12-18(13-11-17)24(25,26)27/h6-14H,5H2,1-4H3,(H3,28,29,30,31,32,33). The maximum Gasteiger partial charge on any atom is 0.416 e. The number of guanidine groups is 1. The van der Waals surface area contributed by atoms with E-state index in [-0.39, 0.29) is 11.5 Å². The number of benzene rings is 2. The average molecular weight is 458 g/mol. The number of aryl methyl sites for hydroxylation is 1. The summed E-state index contributed by atoms with van der Waals surface area (Å²) in [5.74, 6) is -0.0304. The van der Waals surface area contributed by atoms with Gasteiger partial charge in [-0.1, -0.05) is 31.2 Å². The van der Waals surface area contributed by atoms with Crippen LogP contribution in [0.1, 0.15) is 49.2 Å². The number of nitrogens with zero attached hydrogens (tertiary/aromatic N) is 2. The van der Waals surface area contributed by atoms with E-state index < -0.39 is 23.2 Å². The van der Waals surface area contributed by atoms with E-state index in [4.69, 9.17) is 0 Å². The number of H-pyrrole nitrogens is 1. The first kappa shape index (κ1) is 24.0. The lowest BCUT2D eigenvalue weighted by Crippen LogP contribution is -2.38. The summed E-state index contributed by atoms with van der Waals surface area (Å²) in [6, 6.07) is 13.8. The zero-order valence-corrected chi connectivity index (χ0v) is 18.8. The summed E-state index contributed by atoms with van der Waals surface area (Å²) in [4.78, 5) is 17.1. The van der Waals surface area contributed by atoms with E-state index in [0.29, 0.717) is 5.82 Å². The van der Waals surface area contributed by atoms with E-state index in [2.05, 4.69) is 32.7 Å². The van der Waals surface area contributed by atoms with Gasteiger partial charge in [0.2, 0.25) is 5.96 Å². The molecule has 3 aromatic rings. The molecule has 1 aromatic heterocycles. The molecule has 3 N–H and O–H groups in total. The zero-order valence-electron chi connectivity index (χ0n) is 18.8. The minimum atomic E-state index is -4.47. The average Bonchev–Trinajstić information content (AvgIpc) is 3.20. The Bertz CT molecular complexity index is 1120. The number of amides is 1. The highest BCUT2D eigenvalue weighted by atomic mass is 19.4. The lowest BCUT2D eigenvalue weighted by atomic mass is 10.1. The second kappa shape index (κ2) is 9.48. The van der Waals surface area contributed by atoms with Gasteiger partial charge in [0.1, 0.15) is 0 Å². The molecule has 0 spiro atoms. The molecule has 0 unspecified atom stereocenters. The molecule has 0 bridgehead atoms. The molecule has 174 valence electrons. The summed E-state index contributed by atoms with van der Waals surface area (Å²) in [5.41, 5.74) is 1.68. The van der Waals surface area contributed by atoms with Crippen LogP contribution in [0, 0.1) is 0 Å². The number of carbonyl (C=O) groups is 1. The van der Waals surface area contributed by atoms with Crippen LogP contribution in [0.3, 0.4) is 0 Å². The molecule has 3 rings (SSSR count). The van der Waals surface area contributed by atoms with Gasteiger partial charge in [-0.2, -0.15) is 18.3 Å². The second-order valence-electron chi connectivity index (χ2n) is 8.50. The van der Waals surface area contributed by atoms with Crippen LogP contribution >= 0.6 is 0 Å². The van der Waals surface area contributed by atoms with Crippen LogP contribution in [-0.2, 0) is 12.6 Å².